The van der Waals surface area contributed by atoms with E-state index >= 15 is 0 Å². The van der Waals surface area contributed by atoms with E-state index in [1.807, 2.05) is 12.1 Å². The van der Waals surface area contributed by atoms with Crippen molar-refractivity contribution in [2.75, 3.05) is 13.1 Å². The molecular formula is C14H18INO2. The molecule has 1 heterocycles. The molecule has 0 aliphatic carbocycles. The Morgan fingerprint density at radius 3 is 2.44 bits per heavy atom. The Kier molecular flexibility index (Phi) is 5.19. The van der Waals surface area contributed by atoms with Crippen LogP contribution in [0.15, 0.2) is 28.7 Å². The smallest absolute Gasteiger partial charge is 0.368 e. The lowest BCUT2D eigenvalue weighted by atomic mass is 10.1. The Morgan fingerprint density at radius 1 is 1.17 bits per heavy atom. The number of rotatable bonds is 2. The Labute approximate surface area is 124 Å². The van der Waals surface area contributed by atoms with Crippen LogP contribution < -0.4 is 34.1 Å². The normalized spacial score (nSPS) is 10.2. The highest BCUT2D eigenvalue weighted by molar-refractivity contribution is 5.81. The number of phenols is 1. The van der Waals surface area contributed by atoms with Gasteiger partial charge in [-0.1, -0.05) is 0 Å². The van der Waals surface area contributed by atoms with Crippen molar-refractivity contribution in [3.05, 3.63) is 35.4 Å². The van der Waals surface area contributed by atoms with E-state index in [4.69, 9.17) is 4.42 Å². The van der Waals surface area contributed by atoms with Crippen molar-refractivity contribution in [3.8, 4) is 5.75 Å². The molecule has 18 heavy (non-hydrogen) atoms. The Hall–Kier alpha value is -1.04. The lowest BCUT2D eigenvalue weighted by Crippen LogP contribution is -3.00. The molecule has 0 saturated carbocycles. The molecular weight excluding hydrogens is 341 g/mol. The average Bonchev–Trinajstić information content (AvgIpc) is 2.30. The van der Waals surface area contributed by atoms with Gasteiger partial charge in [0.1, 0.15) is 24.4 Å². The van der Waals surface area contributed by atoms with Gasteiger partial charge in [0.15, 0.2) is 0 Å². The van der Waals surface area contributed by atoms with Crippen molar-refractivity contribution in [1.82, 2.24) is 4.58 Å². The highest BCUT2D eigenvalue weighted by Crippen LogP contribution is 2.20. The lowest BCUT2D eigenvalue weighted by Gasteiger charge is -2.02. The van der Waals surface area contributed by atoms with Crippen molar-refractivity contribution in [1.29, 1.82) is 0 Å². The maximum Gasteiger partial charge on any atom is 0.368 e. The van der Waals surface area contributed by atoms with E-state index in [0.717, 1.165) is 35.2 Å². The third-order valence-electron chi connectivity index (χ3n) is 3.02. The largest absolute Gasteiger partial charge is 1.00 e. The van der Waals surface area contributed by atoms with Gasteiger partial charge in [0.25, 0.3) is 0 Å². The van der Waals surface area contributed by atoms with Crippen molar-refractivity contribution in [2.24, 2.45) is 0 Å². The zero-order valence-corrected chi connectivity index (χ0v) is 13.1. The highest BCUT2D eigenvalue weighted by atomic mass is 127. The number of hydrogen-bond acceptors (Lipinski definition) is 2. The average molecular weight is 359 g/mol. The first kappa shape index (κ1) is 15.0. The van der Waals surface area contributed by atoms with Gasteiger partial charge in [-0.05, 0) is 38.5 Å². The molecule has 98 valence electrons. The van der Waals surface area contributed by atoms with Crippen LogP contribution in [0.4, 0.5) is 0 Å². The first-order chi connectivity index (χ1) is 8.15. The van der Waals surface area contributed by atoms with Crippen molar-refractivity contribution >= 4 is 11.0 Å². The van der Waals surface area contributed by atoms with Crippen molar-refractivity contribution < 1.29 is 33.5 Å². The molecule has 1 aromatic heterocycles. The second-order valence-corrected chi connectivity index (χ2v) is 4.12. The Bertz CT molecular complexity index is 611. The fourth-order valence-corrected chi connectivity index (χ4v) is 2.02. The van der Waals surface area contributed by atoms with E-state index in [0.29, 0.717) is 0 Å². The minimum Gasteiger partial charge on any atom is -1.00 e. The van der Waals surface area contributed by atoms with Gasteiger partial charge in [-0.15, -0.1) is 0 Å². The van der Waals surface area contributed by atoms with Gasteiger partial charge in [-0.3, -0.25) is 0 Å². The zero-order chi connectivity index (χ0) is 12.4. The maximum atomic E-state index is 9.49. The summed E-state index contributed by atoms with van der Waals surface area (Å²) in [6.45, 7) is 8.07. The Morgan fingerprint density at radius 2 is 1.83 bits per heavy atom. The number of phenolic OH excluding ortho intramolecular Hbond substituents is 1. The van der Waals surface area contributed by atoms with E-state index in [1.165, 1.54) is 0 Å². The van der Waals surface area contributed by atoms with Gasteiger partial charge in [0, 0.05) is 11.5 Å². The van der Waals surface area contributed by atoms with Gasteiger partial charge in [0.2, 0.25) is 0 Å². The predicted octanol–water partition coefficient (Wildman–Crippen LogP) is -0.737. The van der Waals surface area contributed by atoms with Crippen molar-refractivity contribution in [3.63, 3.8) is 0 Å². The van der Waals surface area contributed by atoms with Gasteiger partial charge in [-0.2, -0.15) is 4.58 Å². The quantitative estimate of drug-likeness (QED) is 0.567. The van der Waals surface area contributed by atoms with E-state index < -0.39 is 0 Å². The highest BCUT2D eigenvalue weighted by Gasteiger charge is 2.07. The van der Waals surface area contributed by atoms with Crippen LogP contribution in [0.3, 0.4) is 0 Å². The standard InChI is InChI=1S/C14H17NO2.HI/c1-4-15(5-2)14-8-10(3)12-7-6-11(16)9-13(12)17-14;/h6-9H,4-5H2,1-3H3;1H. The molecule has 0 bridgehead atoms. The number of hydrogen-bond donors (Lipinski definition) is 1. The molecule has 0 amide bonds. The molecule has 2 aromatic rings. The van der Waals surface area contributed by atoms with E-state index in [-0.39, 0.29) is 29.7 Å². The molecule has 0 radical (unpaired) electrons. The summed E-state index contributed by atoms with van der Waals surface area (Å²) in [5.41, 5.74) is 2.74. The first-order valence-electron chi connectivity index (χ1n) is 5.97. The molecule has 1 N–H and O–H groups in total. The number of nitrogens with zero attached hydrogens (tertiary/aromatic N) is 1. The molecule has 4 heteroatoms. The van der Waals surface area contributed by atoms with E-state index in [2.05, 4.69) is 25.3 Å². The summed E-state index contributed by atoms with van der Waals surface area (Å²) < 4.78 is 7.98. The minimum absolute atomic E-state index is 0. The van der Waals surface area contributed by atoms with Crippen molar-refractivity contribution in [2.45, 2.75) is 20.8 Å². The molecule has 1 aromatic carbocycles. The van der Waals surface area contributed by atoms with Crippen LogP contribution in [0.25, 0.3) is 11.0 Å². The Balaban J connectivity index is 0.00000162. The molecule has 2 rings (SSSR count). The molecule has 0 saturated heterocycles. The van der Waals surface area contributed by atoms with Gasteiger partial charge in [0.05, 0.1) is 6.07 Å². The SMILES string of the molecule is CC[N+](CC)=c1cc(C)c2ccc(O)cc2o1.[I-]. The molecule has 3 nitrogen and oxygen atoms in total. The van der Waals surface area contributed by atoms with Crippen LogP contribution in [-0.2, 0) is 0 Å². The summed E-state index contributed by atoms with van der Waals surface area (Å²) in [5, 5.41) is 10.5. The summed E-state index contributed by atoms with van der Waals surface area (Å²) >= 11 is 0. The molecule has 0 unspecified atom stereocenters. The van der Waals surface area contributed by atoms with Crippen LogP contribution >= 0.6 is 0 Å². The van der Waals surface area contributed by atoms with Gasteiger partial charge < -0.3 is 33.5 Å². The first-order valence-corrected chi connectivity index (χ1v) is 5.97. The second-order valence-electron chi connectivity index (χ2n) is 4.12. The van der Waals surface area contributed by atoms with Crippen LogP contribution in [0.1, 0.15) is 19.4 Å². The zero-order valence-electron chi connectivity index (χ0n) is 10.9. The summed E-state index contributed by atoms with van der Waals surface area (Å²) in [4.78, 5) is 0. The summed E-state index contributed by atoms with van der Waals surface area (Å²) in [6.07, 6.45) is 0. The third-order valence-corrected chi connectivity index (χ3v) is 3.02. The number of benzene rings is 1. The maximum absolute atomic E-state index is 9.49. The van der Waals surface area contributed by atoms with E-state index in [1.54, 1.807) is 12.1 Å². The summed E-state index contributed by atoms with van der Waals surface area (Å²) in [7, 11) is 0. The van der Waals surface area contributed by atoms with Gasteiger partial charge in [-0.25, -0.2) is 0 Å². The lowest BCUT2D eigenvalue weighted by molar-refractivity contribution is -0.00000532. The summed E-state index contributed by atoms with van der Waals surface area (Å²) in [6, 6.07) is 7.28. The van der Waals surface area contributed by atoms with Crippen LogP contribution in [0, 0.1) is 6.92 Å². The molecule has 0 aliphatic rings. The fraction of sp³-hybridized carbons (Fsp3) is 0.357. The van der Waals surface area contributed by atoms with Crippen LogP contribution in [0.5, 0.6) is 5.75 Å². The molecule has 0 fully saturated rings. The number of halogens is 1. The second kappa shape index (κ2) is 6.22. The molecule has 0 aliphatic heterocycles. The van der Waals surface area contributed by atoms with Crippen LogP contribution in [-0.4, -0.2) is 18.2 Å². The molecule has 0 atom stereocenters. The van der Waals surface area contributed by atoms with Gasteiger partial charge >= 0.3 is 5.55 Å². The topological polar surface area (TPSA) is 36.4 Å². The monoisotopic (exact) mass is 359 g/mol. The number of aryl methyl sites for hydroxylation is 1. The number of aromatic hydroxyl groups is 1. The number of fused-ring (bicyclic) bond motifs is 1. The fourth-order valence-electron chi connectivity index (χ4n) is 2.02. The minimum atomic E-state index is 0. The predicted molar refractivity (Wildman–Crippen MR) is 69.0 cm³/mol. The van der Waals surface area contributed by atoms with E-state index in [9.17, 15) is 5.11 Å². The third kappa shape index (κ3) is 2.85. The van der Waals surface area contributed by atoms with Crippen LogP contribution in [0.2, 0.25) is 0 Å². The summed E-state index contributed by atoms with van der Waals surface area (Å²) in [5.74, 6) is 0.234. The molecule has 0 spiro atoms.